The number of anilines is 1. The van der Waals surface area contributed by atoms with Crippen LogP contribution in [0.3, 0.4) is 0 Å². The Bertz CT molecular complexity index is 469. The molecule has 7 heteroatoms. The number of hydrogen-bond donors (Lipinski definition) is 2. The molecule has 3 N–H and O–H groups in total. The number of carbonyl (C=O) groups excluding carboxylic acids is 1. The lowest BCUT2D eigenvalue weighted by atomic mass is 10.1. The van der Waals surface area contributed by atoms with Crippen molar-refractivity contribution in [3.63, 3.8) is 0 Å². The summed E-state index contributed by atoms with van der Waals surface area (Å²) in [6, 6.07) is 3.03. The van der Waals surface area contributed by atoms with Gasteiger partial charge in [-0.15, -0.1) is 0 Å². The molecule has 1 rings (SSSR count). The Hall–Kier alpha value is -1.50. The number of ether oxygens (including phenoxy) is 3. The van der Waals surface area contributed by atoms with Gasteiger partial charge in [0.05, 0.1) is 36.6 Å². The molecule has 0 aliphatic rings. The normalized spacial score (nSPS) is 10.4. The van der Waals surface area contributed by atoms with Gasteiger partial charge in [0, 0.05) is 26.3 Å². The van der Waals surface area contributed by atoms with Gasteiger partial charge in [0.2, 0.25) is 0 Å². The summed E-state index contributed by atoms with van der Waals surface area (Å²) in [7, 11) is 3.10. The average Bonchev–Trinajstić information content (AvgIpc) is 2.48. The first kappa shape index (κ1) is 17.6. The number of nitrogen functional groups attached to an aromatic ring is 1. The van der Waals surface area contributed by atoms with E-state index < -0.39 is 0 Å². The maximum absolute atomic E-state index is 12.1. The summed E-state index contributed by atoms with van der Waals surface area (Å²) in [4.78, 5) is 12.1. The fourth-order valence-corrected chi connectivity index (χ4v) is 1.79. The van der Waals surface area contributed by atoms with Gasteiger partial charge < -0.3 is 25.3 Å². The Morgan fingerprint density at radius 2 is 2.05 bits per heavy atom. The van der Waals surface area contributed by atoms with E-state index in [-0.39, 0.29) is 5.91 Å². The fourth-order valence-electron chi connectivity index (χ4n) is 1.63. The predicted octanol–water partition coefficient (Wildman–Crippen LogP) is 1.71. The molecule has 0 atom stereocenters. The van der Waals surface area contributed by atoms with E-state index in [1.165, 1.54) is 19.2 Å². The number of carbonyl (C=O) groups is 1. The Morgan fingerprint density at radius 3 is 2.71 bits per heavy atom. The van der Waals surface area contributed by atoms with Crippen molar-refractivity contribution in [1.82, 2.24) is 5.32 Å². The third-order valence-electron chi connectivity index (χ3n) is 2.75. The van der Waals surface area contributed by atoms with E-state index in [2.05, 4.69) is 5.32 Å². The van der Waals surface area contributed by atoms with Crippen LogP contribution in [0.2, 0.25) is 5.02 Å². The van der Waals surface area contributed by atoms with E-state index in [1.54, 1.807) is 7.11 Å². The van der Waals surface area contributed by atoms with Gasteiger partial charge in [-0.2, -0.15) is 0 Å². The van der Waals surface area contributed by atoms with E-state index in [9.17, 15) is 4.79 Å². The van der Waals surface area contributed by atoms with E-state index in [0.717, 1.165) is 0 Å². The highest BCUT2D eigenvalue weighted by atomic mass is 35.5. The van der Waals surface area contributed by atoms with Gasteiger partial charge >= 0.3 is 0 Å². The van der Waals surface area contributed by atoms with Crippen LogP contribution >= 0.6 is 11.6 Å². The van der Waals surface area contributed by atoms with Gasteiger partial charge in [0.15, 0.2) is 0 Å². The molecular weight excluding hydrogens is 296 g/mol. The predicted molar refractivity (Wildman–Crippen MR) is 82.1 cm³/mol. The van der Waals surface area contributed by atoms with Crippen molar-refractivity contribution in [2.45, 2.75) is 6.42 Å². The third kappa shape index (κ3) is 5.79. The topological polar surface area (TPSA) is 82.8 Å². The SMILES string of the molecule is COCCOCCCNC(=O)c1cc(Cl)c(N)cc1OC. The molecule has 0 radical (unpaired) electrons. The first-order valence-electron chi connectivity index (χ1n) is 6.58. The first-order chi connectivity index (χ1) is 10.1. The zero-order valence-electron chi connectivity index (χ0n) is 12.3. The van der Waals surface area contributed by atoms with Crippen molar-refractivity contribution in [1.29, 1.82) is 0 Å². The van der Waals surface area contributed by atoms with Gasteiger partial charge in [-0.25, -0.2) is 0 Å². The molecule has 0 spiro atoms. The first-order valence-corrected chi connectivity index (χ1v) is 6.95. The van der Waals surface area contributed by atoms with Gasteiger partial charge in [-0.05, 0) is 12.5 Å². The zero-order chi connectivity index (χ0) is 15.7. The molecule has 0 aromatic heterocycles. The monoisotopic (exact) mass is 316 g/mol. The van der Waals surface area contributed by atoms with E-state index in [0.29, 0.717) is 54.8 Å². The largest absolute Gasteiger partial charge is 0.496 e. The van der Waals surface area contributed by atoms with Gasteiger partial charge in [-0.3, -0.25) is 4.79 Å². The standard InChI is InChI=1S/C14H21ClN2O4/c1-19-6-7-21-5-3-4-17-14(18)10-8-11(15)12(16)9-13(10)20-2/h8-9H,3-7,16H2,1-2H3,(H,17,18). The van der Waals surface area contributed by atoms with E-state index in [1.807, 2.05) is 0 Å². The molecule has 0 saturated carbocycles. The van der Waals surface area contributed by atoms with Crippen molar-refractivity contribution < 1.29 is 19.0 Å². The summed E-state index contributed by atoms with van der Waals surface area (Å²) in [5.74, 6) is 0.136. The van der Waals surface area contributed by atoms with Crippen LogP contribution in [0.4, 0.5) is 5.69 Å². The summed E-state index contributed by atoms with van der Waals surface area (Å²) >= 11 is 5.93. The summed E-state index contributed by atoms with van der Waals surface area (Å²) in [6.45, 7) is 2.17. The molecule has 6 nitrogen and oxygen atoms in total. The highest BCUT2D eigenvalue weighted by Crippen LogP contribution is 2.28. The van der Waals surface area contributed by atoms with Crippen molar-refractivity contribution in [2.75, 3.05) is 46.3 Å². The van der Waals surface area contributed by atoms with Crippen molar-refractivity contribution in [3.8, 4) is 5.75 Å². The molecular formula is C14H21ClN2O4. The molecule has 0 aliphatic carbocycles. The molecule has 0 heterocycles. The molecule has 0 bridgehead atoms. The highest BCUT2D eigenvalue weighted by molar-refractivity contribution is 6.33. The molecule has 1 amide bonds. The van der Waals surface area contributed by atoms with Crippen molar-refractivity contribution >= 4 is 23.2 Å². The minimum Gasteiger partial charge on any atom is -0.496 e. The van der Waals surface area contributed by atoms with E-state index >= 15 is 0 Å². The number of halogens is 1. The second-order valence-electron chi connectivity index (χ2n) is 4.29. The summed E-state index contributed by atoms with van der Waals surface area (Å²) in [6.07, 6.45) is 0.709. The van der Waals surface area contributed by atoms with Crippen LogP contribution in [0, 0.1) is 0 Å². The zero-order valence-corrected chi connectivity index (χ0v) is 13.0. The number of rotatable bonds is 9. The van der Waals surface area contributed by atoms with Gasteiger partial charge in [0.1, 0.15) is 5.75 Å². The lowest BCUT2D eigenvalue weighted by Gasteiger charge is -2.11. The molecule has 1 aromatic carbocycles. The van der Waals surface area contributed by atoms with Crippen LogP contribution in [0.1, 0.15) is 16.8 Å². The lowest BCUT2D eigenvalue weighted by molar-refractivity contribution is 0.0688. The molecule has 0 unspecified atom stereocenters. The summed E-state index contributed by atoms with van der Waals surface area (Å²) < 4.78 is 15.3. The number of benzene rings is 1. The van der Waals surface area contributed by atoms with Crippen LogP contribution < -0.4 is 15.8 Å². The minimum atomic E-state index is -0.259. The van der Waals surface area contributed by atoms with Crippen LogP contribution in [0.5, 0.6) is 5.75 Å². The van der Waals surface area contributed by atoms with E-state index in [4.69, 9.17) is 31.5 Å². The Kier molecular flexibility index (Phi) is 7.89. The van der Waals surface area contributed by atoms with Crippen molar-refractivity contribution in [2.24, 2.45) is 0 Å². The minimum absolute atomic E-state index is 0.259. The van der Waals surface area contributed by atoms with Crippen LogP contribution in [0.15, 0.2) is 12.1 Å². The summed E-state index contributed by atoms with van der Waals surface area (Å²) in [5, 5.41) is 3.10. The highest BCUT2D eigenvalue weighted by Gasteiger charge is 2.14. The number of nitrogens with two attached hydrogens (primary N) is 1. The molecule has 1 aromatic rings. The lowest BCUT2D eigenvalue weighted by Crippen LogP contribution is -2.26. The average molecular weight is 317 g/mol. The number of nitrogens with one attached hydrogen (secondary N) is 1. The molecule has 21 heavy (non-hydrogen) atoms. The quantitative estimate of drug-likeness (QED) is 0.535. The second-order valence-corrected chi connectivity index (χ2v) is 4.70. The second kappa shape index (κ2) is 9.44. The Balaban J connectivity index is 2.43. The van der Waals surface area contributed by atoms with Gasteiger partial charge in [0.25, 0.3) is 5.91 Å². The molecule has 0 aliphatic heterocycles. The maximum Gasteiger partial charge on any atom is 0.255 e. The summed E-state index contributed by atoms with van der Waals surface area (Å²) in [5.41, 5.74) is 6.40. The third-order valence-corrected chi connectivity index (χ3v) is 3.07. The smallest absolute Gasteiger partial charge is 0.255 e. The van der Waals surface area contributed by atoms with Crippen LogP contribution in [0.25, 0.3) is 0 Å². The van der Waals surface area contributed by atoms with Gasteiger partial charge in [-0.1, -0.05) is 11.6 Å². The fraction of sp³-hybridized carbons (Fsp3) is 0.500. The molecule has 0 saturated heterocycles. The molecule has 118 valence electrons. The number of hydrogen-bond acceptors (Lipinski definition) is 5. The Morgan fingerprint density at radius 1 is 1.29 bits per heavy atom. The Labute approximate surface area is 129 Å². The van der Waals surface area contributed by atoms with Crippen LogP contribution in [-0.2, 0) is 9.47 Å². The van der Waals surface area contributed by atoms with Crippen LogP contribution in [-0.4, -0.2) is 46.5 Å². The van der Waals surface area contributed by atoms with Crippen molar-refractivity contribution in [3.05, 3.63) is 22.7 Å². The number of methoxy groups -OCH3 is 2. The maximum atomic E-state index is 12.1. The molecule has 0 fully saturated rings. The number of amides is 1.